The lowest BCUT2D eigenvalue weighted by molar-refractivity contribution is 0.521. The minimum atomic E-state index is -3.43. The second-order valence-electron chi connectivity index (χ2n) is 5.28. The fourth-order valence-corrected chi connectivity index (χ4v) is 2.84. The first-order valence-electron chi connectivity index (χ1n) is 6.19. The zero-order valence-electron chi connectivity index (χ0n) is 12.2. The summed E-state index contributed by atoms with van der Waals surface area (Å²) in [6.45, 7) is 5.11. The Labute approximate surface area is 116 Å². The summed E-state index contributed by atoms with van der Waals surface area (Å²) in [5.74, 6) is 0.509. The van der Waals surface area contributed by atoms with E-state index in [9.17, 15) is 8.42 Å². The van der Waals surface area contributed by atoms with Crippen LogP contribution in [0, 0.1) is 5.92 Å². The molecular formula is C13H23N3O2S. The van der Waals surface area contributed by atoms with E-state index in [-0.39, 0.29) is 4.90 Å². The van der Waals surface area contributed by atoms with Gasteiger partial charge in [-0.2, -0.15) is 0 Å². The lowest BCUT2D eigenvalue weighted by Crippen LogP contribution is -2.25. The number of nitrogens with zero attached hydrogens (tertiary/aromatic N) is 2. The molecule has 0 atom stereocenters. The molecule has 0 spiro atoms. The quantitative estimate of drug-likeness (QED) is 0.835. The van der Waals surface area contributed by atoms with Crippen LogP contribution in [-0.4, -0.2) is 40.4 Å². The summed E-state index contributed by atoms with van der Waals surface area (Å²) < 4.78 is 25.2. The maximum absolute atomic E-state index is 12.0. The van der Waals surface area contributed by atoms with Crippen molar-refractivity contribution >= 4 is 21.4 Å². The number of hydrogen-bond donors (Lipinski definition) is 1. The standard InChI is InChI=1S/C13H23N3O2S/c1-10(2)9-16(5)13-7-6-11(8-12(13)14)19(17,18)15(3)4/h6-8,10H,9,14H2,1-5H3. The summed E-state index contributed by atoms with van der Waals surface area (Å²) in [5.41, 5.74) is 7.30. The van der Waals surface area contributed by atoms with Gasteiger partial charge in [-0.05, 0) is 24.1 Å². The molecule has 0 aliphatic heterocycles. The summed E-state index contributed by atoms with van der Waals surface area (Å²) in [6.07, 6.45) is 0. The molecule has 1 rings (SSSR count). The van der Waals surface area contributed by atoms with Crippen molar-refractivity contribution < 1.29 is 8.42 Å². The van der Waals surface area contributed by atoms with Crippen molar-refractivity contribution in [2.75, 3.05) is 38.3 Å². The van der Waals surface area contributed by atoms with Crippen molar-refractivity contribution in [3.05, 3.63) is 18.2 Å². The smallest absolute Gasteiger partial charge is 0.242 e. The summed E-state index contributed by atoms with van der Waals surface area (Å²) in [6, 6.07) is 4.87. The molecule has 5 nitrogen and oxygen atoms in total. The van der Waals surface area contributed by atoms with Crippen LogP contribution >= 0.6 is 0 Å². The molecule has 6 heteroatoms. The van der Waals surface area contributed by atoms with Crippen molar-refractivity contribution in [2.45, 2.75) is 18.7 Å². The van der Waals surface area contributed by atoms with E-state index in [0.717, 1.165) is 12.2 Å². The average Bonchev–Trinajstić information content (AvgIpc) is 2.27. The summed E-state index contributed by atoms with van der Waals surface area (Å²) in [7, 11) is 1.53. The van der Waals surface area contributed by atoms with Crippen LogP contribution in [0.2, 0.25) is 0 Å². The van der Waals surface area contributed by atoms with Gasteiger partial charge in [-0.25, -0.2) is 12.7 Å². The molecule has 0 saturated heterocycles. The summed E-state index contributed by atoms with van der Waals surface area (Å²) >= 11 is 0. The highest BCUT2D eigenvalue weighted by Gasteiger charge is 2.18. The normalized spacial score (nSPS) is 12.2. The van der Waals surface area contributed by atoms with E-state index in [0.29, 0.717) is 11.6 Å². The predicted molar refractivity (Wildman–Crippen MR) is 79.8 cm³/mol. The van der Waals surface area contributed by atoms with Crippen molar-refractivity contribution in [1.82, 2.24) is 4.31 Å². The maximum atomic E-state index is 12.0. The molecule has 0 aliphatic carbocycles. The Hall–Kier alpha value is -1.27. The van der Waals surface area contributed by atoms with Crippen LogP contribution in [0.15, 0.2) is 23.1 Å². The molecule has 0 amide bonds. The van der Waals surface area contributed by atoms with Gasteiger partial charge in [0.05, 0.1) is 16.3 Å². The van der Waals surface area contributed by atoms with E-state index in [1.54, 1.807) is 12.1 Å². The van der Waals surface area contributed by atoms with Crippen LogP contribution in [0.25, 0.3) is 0 Å². The largest absolute Gasteiger partial charge is 0.397 e. The molecule has 0 bridgehead atoms. The fourth-order valence-electron chi connectivity index (χ4n) is 1.90. The van der Waals surface area contributed by atoms with Crippen LogP contribution in [0.3, 0.4) is 0 Å². The SMILES string of the molecule is CC(C)CN(C)c1ccc(S(=O)(=O)N(C)C)cc1N. The third-order valence-electron chi connectivity index (χ3n) is 2.83. The highest BCUT2D eigenvalue weighted by molar-refractivity contribution is 7.89. The number of anilines is 2. The van der Waals surface area contributed by atoms with Crippen LogP contribution in [-0.2, 0) is 10.0 Å². The first kappa shape index (κ1) is 15.8. The van der Waals surface area contributed by atoms with Gasteiger partial charge in [-0.15, -0.1) is 0 Å². The minimum absolute atomic E-state index is 0.219. The van der Waals surface area contributed by atoms with E-state index in [2.05, 4.69) is 13.8 Å². The average molecular weight is 285 g/mol. The Morgan fingerprint density at radius 1 is 1.21 bits per heavy atom. The number of hydrogen-bond acceptors (Lipinski definition) is 4. The predicted octanol–water partition coefficient (Wildman–Crippen LogP) is 1.61. The second-order valence-corrected chi connectivity index (χ2v) is 7.43. The fraction of sp³-hybridized carbons (Fsp3) is 0.538. The Morgan fingerprint density at radius 3 is 2.21 bits per heavy atom. The van der Waals surface area contributed by atoms with Gasteiger partial charge in [0, 0.05) is 27.7 Å². The van der Waals surface area contributed by atoms with Gasteiger partial charge in [0.25, 0.3) is 0 Å². The second kappa shape index (κ2) is 5.79. The number of benzene rings is 1. The minimum Gasteiger partial charge on any atom is -0.397 e. The maximum Gasteiger partial charge on any atom is 0.242 e. The van der Waals surface area contributed by atoms with Gasteiger partial charge in [-0.1, -0.05) is 13.8 Å². The Bertz CT molecular complexity index is 539. The molecule has 0 aliphatic rings. The van der Waals surface area contributed by atoms with Crippen LogP contribution in [0.4, 0.5) is 11.4 Å². The number of rotatable bonds is 5. The van der Waals surface area contributed by atoms with Gasteiger partial charge in [0.2, 0.25) is 10.0 Å². The third kappa shape index (κ3) is 3.61. The molecule has 19 heavy (non-hydrogen) atoms. The lowest BCUT2D eigenvalue weighted by atomic mass is 10.2. The van der Waals surface area contributed by atoms with Crippen molar-refractivity contribution in [3.8, 4) is 0 Å². The van der Waals surface area contributed by atoms with E-state index in [4.69, 9.17) is 5.73 Å². The molecule has 0 unspecified atom stereocenters. The first-order chi connectivity index (χ1) is 8.66. The van der Waals surface area contributed by atoms with Crippen LogP contribution < -0.4 is 10.6 Å². The van der Waals surface area contributed by atoms with Crippen molar-refractivity contribution in [1.29, 1.82) is 0 Å². The Morgan fingerprint density at radius 2 is 1.79 bits per heavy atom. The van der Waals surface area contributed by atoms with E-state index in [1.807, 2.05) is 11.9 Å². The van der Waals surface area contributed by atoms with E-state index >= 15 is 0 Å². The van der Waals surface area contributed by atoms with E-state index in [1.165, 1.54) is 24.5 Å². The lowest BCUT2D eigenvalue weighted by Gasteiger charge is -2.23. The monoisotopic (exact) mass is 285 g/mol. The molecule has 1 aromatic carbocycles. The summed E-state index contributed by atoms with van der Waals surface area (Å²) in [4.78, 5) is 2.25. The van der Waals surface area contributed by atoms with Crippen LogP contribution in [0.5, 0.6) is 0 Å². The van der Waals surface area contributed by atoms with Crippen LogP contribution in [0.1, 0.15) is 13.8 Å². The zero-order chi connectivity index (χ0) is 14.8. The first-order valence-corrected chi connectivity index (χ1v) is 7.63. The highest BCUT2D eigenvalue weighted by atomic mass is 32.2. The van der Waals surface area contributed by atoms with E-state index < -0.39 is 10.0 Å². The van der Waals surface area contributed by atoms with Gasteiger partial charge in [-0.3, -0.25) is 0 Å². The number of sulfonamides is 1. The zero-order valence-corrected chi connectivity index (χ0v) is 13.0. The molecular weight excluding hydrogens is 262 g/mol. The van der Waals surface area contributed by atoms with Gasteiger partial charge < -0.3 is 10.6 Å². The molecule has 0 heterocycles. The highest BCUT2D eigenvalue weighted by Crippen LogP contribution is 2.26. The molecule has 1 aromatic rings. The molecule has 0 fully saturated rings. The topological polar surface area (TPSA) is 66.6 Å². The van der Waals surface area contributed by atoms with Gasteiger partial charge in [0.1, 0.15) is 0 Å². The Kier molecular flexibility index (Phi) is 4.81. The Balaban J connectivity index is 3.12. The van der Waals surface area contributed by atoms with Crippen molar-refractivity contribution in [3.63, 3.8) is 0 Å². The molecule has 0 saturated carbocycles. The number of nitrogens with two attached hydrogens (primary N) is 1. The van der Waals surface area contributed by atoms with Gasteiger partial charge in [0.15, 0.2) is 0 Å². The molecule has 2 N–H and O–H groups in total. The molecule has 108 valence electrons. The molecule has 0 radical (unpaired) electrons. The molecule has 0 aromatic heterocycles. The summed E-state index contributed by atoms with van der Waals surface area (Å²) in [5, 5.41) is 0. The van der Waals surface area contributed by atoms with Crippen molar-refractivity contribution in [2.24, 2.45) is 5.92 Å². The number of nitrogen functional groups attached to an aromatic ring is 1. The third-order valence-corrected chi connectivity index (χ3v) is 4.64. The van der Waals surface area contributed by atoms with Gasteiger partial charge >= 0.3 is 0 Å².